The number of carbonyl (C=O) groups excluding carboxylic acids is 1. The van der Waals surface area contributed by atoms with E-state index in [1.54, 1.807) is 7.11 Å². The van der Waals surface area contributed by atoms with Gasteiger partial charge < -0.3 is 20.1 Å². The highest BCUT2D eigenvalue weighted by Gasteiger charge is 2.17. The van der Waals surface area contributed by atoms with Crippen molar-refractivity contribution in [3.05, 3.63) is 0 Å². The number of nitrogens with one attached hydrogen (secondary N) is 2. The Balaban J connectivity index is 2.10. The fourth-order valence-corrected chi connectivity index (χ4v) is 1.66. The lowest BCUT2D eigenvalue weighted by Crippen LogP contribution is -2.42. The van der Waals surface area contributed by atoms with Crippen molar-refractivity contribution in [1.82, 2.24) is 10.6 Å². The average Bonchev–Trinajstić information content (AvgIpc) is 2.28. The summed E-state index contributed by atoms with van der Waals surface area (Å²) in [5, 5.41) is 6.09. The minimum atomic E-state index is 0.0199. The van der Waals surface area contributed by atoms with Gasteiger partial charge in [0.05, 0.1) is 25.7 Å². The lowest BCUT2D eigenvalue weighted by atomic mass is 10.2. The van der Waals surface area contributed by atoms with Crippen LogP contribution in [0.1, 0.15) is 13.3 Å². The molecule has 0 aromatic rings. The van der Waals surface area contributed by atoms with Crippen LogP contribution in [-0.4, -0.2) is 52.0 Å². The summed E-state index contributed by atoms with van der Waals surface area (Å²) in [5.74, 6) is 0.399. The molecular formula is C11H22N2O3. The fourth-order valence-electron chi connectivity index (χ4n) is 1.66. The maximum absolute atomic E-state index is 11.6. The molecule has 2 unspecified atom stereocenters. The summed E-state index contributed by atoms with van der Waals surface area (Å²) < 4.78 is 10.5. The molecule has 16 heavy (non-hydrogen) atoms. The average molecular weight is 230 g/mol. The van der Waals surface area contributed by atoms with E-state index in [0.29, 0.717) is 32.1 Å². The maximum atomic E-state index is 11.6. The first-order valence-electron chi connectivity index (χ1n) is 5.80. The van der Waals surface area contributed by atoms with E-state index >= 15 is 0 Å². The molecule has 0 aliphatic carbocycles. The van der Waals surface area contributed by atoms with E-state index in [0.717, 1.165) is 13.1 Å². The number of amides is 1. The Hall–Kier alpha value is -0.650. The van der Waals surface area contributed by atoms with Crippen molar-refractivity contribution in [2.75, 3.05) is 40.0 Å². The number of morpholine rings is 1. The van der Waals surface area contributed by atoms with E-state index in [-0.39, 0.29) is 12.0 Å². The first kappa shape index (κ1) is 13.4. The van der Waals surface area contributed by atoms with E-state index in [1.165, 1.54) is 0 Å². The molecule has 2 atom stereocenters. The van der Waals surface area contributed by atoms with Gasteiger partial charge in [-0.05, 0) is 5.92 Å². The van der Waals surface area contributed by atoms with Gasteiger partial charge >= 0.3 is 0 Å². The van der Waals surface area contributed by atoms with Crippen molar-refractivity contribution in [2.24, 2.45) is 5.92 Å². The molecule has 5 heteroatoms. The van der Waals surface area contributed by atoms with Crippen LogP contribution in [0.15, 0.2) is 0 Å². The highest BCUT2D eigenvalue weighted by molar-refractivity contribution is 5.76. The Bertz CT molecular complexity index is 205. The Morgan fingerprint density at radius 1 is 1.69 bits per heavy atom. The second-order valence-electron chi connectivity index (χ2n) is 4.27. The number of methoxy groups -OCH3 is 1. The van der Waals surface area contributed by atoms with Gasteiger partial charge in [-0.2, -0.15) is 0 Å². The minimum absolute atomic E-state index is 0.0199. The Morgan fingerprint density at radius 2 is 2.50 bits per heavy atom. The summed E-state index contributed by atoms with van der Waals surface area (Å²) in [6.07, 6.45) is 0.457. The van der Waals surface area contributed by atoms with Gasteiger partial charge in [0.1, 0.15) is 0 Å². The zero-order valence-electron chi connectivity index (χ0n) is 10.1. The third-order valence-corrected chi connectivity index (χ3v) is 2.52. The molecule has 1 saturated heterocycles. The third-order valence-electron chi connectivity index (χ3n) is 2.52. The molecule has 0 aromatic heterocycles. The van der Waals surface area contributed by atoms with Crippen LogP contribution in [0, 0.1) is 5.92 Å². The predicted molar refractivity (Wildman–Crippen MR) is 61.3 cm³/mol. The second kappa shape index (κ2) is 7.60. The molecule has 0 saturated carbocycles. The Labute approximate surface area is 96.9 Å². The van der Waals surface area contributed by atoms with Gasteiger partial charge in [-0.25, -0.2) is 0 Å². The van der Waals surface area contributed by atoms with Gasteiger partial charge in [-0.15, -0.1) is 0 Å². The number of hydrogen-bond donors (Lipinski definition) is 2. The molecule has 1 fully saturated rings. The highest BCUT2D eigenvalue weighted by Crippen LogP contribution is 2.01. The summed E-state index contributed by atoms with van der Waals surface area (Å²) >= 11 is 0. The summed E-state index contributed by atoms with van der Waals surface area (Å²) in [6.45, 7) is 5.71. The molecule has 1 rings (SSSR count). The van der Waals surface area contributed by atoms with Gasteiger partial charge in [-0.3, -0.25) is 4.79 Å². The van der Waals surface area contributed by atoms with Crippen LogP contribution in [0.25, 0.3) is 0 Å². The third kappa shape index (κ3) is 5.44. The molecule has 0 aromatic carbocycles. The first-order valence-corrected chi connectivity index (χ1v) is 5.80. The smallest absolute Gasteiger partial charge is 0.222 e. The second-order valence-corrected chi connectivity index (χ2v) is 4.27. The van der Waals surface area contributed by atoms with Crippen molar-refractivity contribution >= 4 is 5.91 Å². The van der Waals surface area contributed by atoms with E-state index < -0.39 is 0 Å². The molecule has 1 aliphatic heterocycles. The summed E-state index contributed by atoms with van der Waals surface area (Å²) in [5.41, 5.74) is 0. The quantitative estimate of drug-likeness (QED) is 0.661. The predicted octanol–water partition coefficient (Wildman–Crippen LogP) is -0.236. The molecule has 0 spiro atoms. The van der Waals surface area contributed by atoms with Crippen molar-refractivity contribution < 1.29 is 14.3 Å². The molecule has 1 heterocycles. The number of rotatable bonds is 6. The maximum Gasteiger partial charge on any atom is 0.222 e. The van der Waals surface area contributed by atoms with Crippen LogP contribution in [0.5, 0.6) is 0 Å². The molecule has 5 nitrogen and oxygen atoms in total. The molecule has 0 radical (unpaired) electrons. The van der Waals surface area contributed by atoms with Gasteiger partial charge in [0.15, 0.2) is 0 Å². The zero-order chi connectivity index (χ0) is 11.8. The summed E-state index contributed by atoms with van der Waals surface area (Å²) in [7, 11) is 1.67. The largest absolute Gasteiger partial charge is 0.384 e. The van der Waals surface area contributed by atoms with E-state index in [2.05, 4.69) is 10.6 Å². The van der Waals surface area contributed by atoms with Crippen molar-refractivity contribution in [3.8, 4) is 0 Å². The first-order chi connectivity index (χ1) is 7.72. The monoisotopic (exact) mass is 230 g/mol. The van der Waals surface area contributed by atoms with Crippen LogP contribution < -0.4 is 10.6 Å². The van der Waals surface area contributed by atoms with Gasteiger partial charge in [0, 0.05) is 26.7 Å². The topological polar surface area (TPSA) is 59.6 Å². The lowest BCUT2D eigenvalue weighted by molar-refractivity contribution is -0.124. The van der Waals surface area contributed by atoms with E-state index in [9.17, 15) is 4.79 Å². The molecule has 1 amide bonds. The highest BCUT2D eigenvalue weighted by atomic mass is 16.5. The van der Waals surface area contributed by atoms with Crippen molar-refractivity contribution in [1.29, 1.82) is 0 Å². The molecule has 94 valence electrons. The molecule has 0 bridgehead atoms. The van der Waals surface area contributed by atoms with Crippen LogP contribution in [0.4, 0.5) is 0 Å². The molecule has 1 aliphatic rings. The summed E-state index contributed by atoms with van der Waals surface area (Å²) in [6, 6.07) is 0. The summed E-state index contributed by atoms with van der Waals surface area (Å²) in [4.78, 5) is 11.6. The van der Waals surface area contributed by atoms with Crippen molar-refractivity contribution in [3.63, 3.8) is 0 Å². The van der Waals surface area contributed by atoms with E-state index in [4.69, 9.17) is 9.47 Å². The Kier molecular flexibility index (Phi) is 6.37. The molecular weight excluding hydrogens is 208 g/mol. The standard InChI is InChI=1S/C11H22N2O3/c1-9(8-15-2)6-13-11(14)5-10-7-12-3-4-16-10/h9-10,12H,3-8H2,1-2H3,(H,13,14). The van der Waals surface area contributed by atoms with Crippen molar-refractivity contribution in [2.45, 2.75) is 19.4 Å². The van der Waals surface area contributed by atoms with Gasteiger partial charge in [0.25, 0.3) is 0 Å². The lowest BCUT2D eigenvalue weighted by Gasteiger charge is -2.23. The minimum Gasteiger partial charge on any atom is -0.384 e. The Morgan fingerprint density at radius 3 is 3.12 bits per heavy atom. The van der Waals surface area contributed by atoms with Gasteiger partial charge in [-0.1, -0.05) is 6.92 Å². The number of hydrogen-bond acceptors (Lipinski definition) is 4. The normalized spacial score (nSPS) is 22.8. The fraction of sp³-hybridized carbons (Fsp3) is 0.909. The zero-order valence-corrected chi connectivity index (χ0v) is 10.1. The molecule has 2 N–H and O–H groups in total. The SMILES string of the molecule is COCC(C)CNC(=O)CC1CNCCO1. The van der Waals surface area contributed by atoms with Gasteiger partial charge in [0.2, 0.25) is 5.91 Å². The van der Waals surface area contributed by atoms with Crippen LogP contribution >= 0.6 is 0 Å². The van der Waals surface area contributed by atoms with E-state index in [1.807, 2.05) is 6.92 Å². The van der Waals surface area contributed by atoms with Crippen LogP contribution in [-0.2, 0) is 14.3 Å². The van der Waals surface area contributed by atoms with Crippen LogP contribution in [0.3, 0.4) is 0 Å². The number of ether oxygens (including phenoxy) is 2. The number of carbonyl (C=O) groups is 1. The van der Waals surface area contributed by atoms with Crippen LogP contribution in [0.2, 0.25) is 0 Å².